The fourth-order valence-electron chi connectivity index (χ4n) is 3.26. The first kappa shape index (κ1) is 27.9. The number of aryl methyl sites for hydroxylation is 1. The Kier molecular flexibility index (Phi) is 8.41. The van der Waals surface area contributed by atoms with Crippen LogP contribution in [0.5, 0.6) is 5.75 Å². The molecular weight excluding hydrogens is 523 g/mol. The summed E-state index contributed by atoms with van der Waals surface area (Å²) in [5, 5.41) is 2.55. The minimum absolute atomic E-state index is 0.0582. The summed E-state index contributed by atoms with van der Waals surface area (Å²) >= 11 is 0. The van der Waals surface area contributed by atoms with E-state index in [0.717, 1.165) is 26.3 Å². The molecule has 0 saturated heterocycles. The number of halogens is 1. The number of rotatable bonds is 10. The zero-order valence-corrected chi connectivity index (χ0v) is 22.2. The predicted octanol–water partition coefficient (Wildman–Crippen LogP) is 3.20. The molecule has 0 aliphatic heterocycles. The van der Waals surface area contributed by atoms with Crippen LogP contribution in [0, 0.1) is 12.7 Å². The third-order valence-corrected chi connectivity index (χ3v) is 8.39. The topological polar surface area (TPSA) is 125 Å². The van der Waals surface area contributed by atoms with Crippen molar-refractivity contribution in [1.29, 1.82) is 0 Å². The zero-order chi connectivity index (χ0) is 27.4. The van der Waals surface area contributed by atoms with Crippen LogP contribution in [0.4, 0.5) is 21.5 Å². The van der Waals surface area contributed by atoms with Gasteiger partial charge in [-0.1, -0.05) is 6.07 Å². The lowest BCUT2D eigenvalue weighted by atomic mass is 10.2. The summed E-state index contributed by atoms with van der Waals surface area (Å²) < 4.78 is 74.1. The van der Waals surface area contributed by atoms with Gasteiger partial charge < -0.3 is 10.1 Å². The number of nitrogens with one attached hydrogen (secondary N) is 2. The van der Waals surface area contributed by atoms with Crippen molar-refractivity contribution in [2.45, 2.75) is 11.8 Å². The summed E-state index contributed by atoms with van der Waals surface area (Å²) in [4.78, 5) is 12.6. The van der Waals surface area contributed by atoms with E-state index in [1.807, 2.05) is 6.92 Å². The molecule has 0 spiro atoms. The van der Waals surface area contributed by atoms with Crippen LogP contribution in [0.2, 0.25) is 0 Å². The largest absolute Gasteiger partial charge is 0.495 e. The molecular formula is C24H27FN4O6S2. The van der Waals surface area contributed by atoms with E-state index in [4.69, 9.17) is 4.74 Å². The van der Waals surface area contributed by atoms with E-state index >= 15 is 0 Å². The molecule has 0 saturated carbocycles. The Balaban J connectivity index is 1.76. The van der Waals surface area contributed by atoms with Crippen molar-refractivity contribution in [3.63, 3.8) is 0 Å². The van der Waals surface area contributed by atoms with Crippen molar-refractivity contribution in [2.75, 3.05) is 42.1 Å². The maximum absolute atomic E-state index is 13.3. The van der Waals surface area contributed by atoms with Gasteiger partial charge in [0.1, 0.15) is 18.1 Å². The van der Waals surface area contributed by atoms with Crippen molar-refractivity contribution in [1.82, 2.24) is 4.31 Å². The number of nitrogens with zero attached hydrogens (tertiary/aromatic N) is 2. The minimum atomic E-state index is -4.07. The van der Waals surface area contributed by atoms with Gasteiger partial charge >= 0.3 is 10.2 Å². The van der Waals surface area contributed by atoms with Gasteiger partial charge in [0.05, 0.1) is 23.4 Å². The highest BCUT2D eigenvalue weighted by atomic mass is 32.2. The number of hydrogen-bond acceptors (Lipinski definition) is 6. The zero-order valence-electron chi connectivity index (χ0n) is 20.6. The number of ether oxygens (including phenoxy) is 1. The van der Waals surface area contributed by atoms with E-state index in [1.165, 1.54) is 57.6 Å². The van der Waals surface area contributed by atoms with Crippen LogP contribution in [0.1, 0.15) is 5.56 Å². The van der Waals surface area contributed by atoms with Crippen LogP contribution in [0.15, 0.2) is 71.6 Å². The van der Waals surface area contributed by atoms with E-state index < -0.39 is 38.5 Å². The minimum Gasteiger partial charge on any atom is -0.495 e. The fraction of sp³-hybridized carbons (Fsp3) is 0.208. The van der Waals surface area contributed by atoms with E-state index in [0.29, 0.717) is 5.75 Å². The average molecular weight is 551 g/mol. The summed E-state index contributed by atoms with van der Waals surface area (Å²) in [6, 6.07) is 15.1. The highest BCUT2D eigenvalue weighted by molar-refractivity contribution is 7.92. The Hall–Kier alpha value is -3.68. The molecule has 13 heteroatoms. The standard InChI is InChI=1S/C24H27FN4O6S2/c1-17-5-14-23(35-4)22(15-17)27-36(31,32)21-12-8-19(9-13-21)26-24(30)16-29(37(33,34)28(2)3)20-10-6-18(25)7-11-20/h5-15,27H,16H2,1-4H3,(H,26,30). The first-order chi connectivity index (χ1) is 17.3. The molecule has 0 aliphatic rings. The Bertz CT molecular complexity index is 1480. The molecule has 10 nitrogen and oxygen atoms in total. The predicted molar refractivity (Wildman–Crippen MR) is 140 cm³/mol. The molecule has 2 N–H and O–H groups in total. The second-order valence-corrected chi connectivity index (χ2v) is 11.9. The third kappa shape index (κ3) is 6.76. The van der Waals surface area contributed by atoms with Gasteiger partial charge in [0.2, 0.25) is 5.91 Å². The average Bonchev–Trinajstić information content (AvgIpc) is 2.83. The molecule has 0 bridgehead atoms. The Labute approximate surface area is 215 Å². The molecule has 37 heavy (non-hydrogen) atoms. The Morgan fingerprint density at radius 2 is 1.57 bits per heavy atom. The van der Waals surface area contributed by atoms with Crippen LogP contribution in [0.25, 0.3) is 0 Å². The molecule has 198 valence electrons. The van der Waals surface area contributed by atoms with Gasteiger partial charge in [0, 0.05) is 19.8 Å². The van der Waals surface area contributed by atoms with Gasteiger partial charge in [-0.05, 0) is 73.2 Å². The number of carbonyl (C=O) groups excluding carboxylic acids is 1. The molecule has 0 fully saturated rings. The molecule has 1 amide bonds. The van der Waals surface area contributed by atoms with Crippen molar-refractivity contribution in [3.8, 4) is 5.75 Å². The monoisotopic (exact) mass is 550 g/mol. The van der Waals surface area contributed by atoms with Gasteiger partial charge in [0.25, 0.3) is 10.0 Å². The summed E-state index contributed by atoms with van der Waals surface area (Å²) in [5.41, 5.74) is 1.47. The number of methoxy groups -OCH3 is 1. The smallest absolute Gasteiger partial charge is 0.304 e. The molecule has 0 radical (unpaired) electrons. The lowest BCUT2D eigenvalue weighted by molar-refractivity contribution is -0.114. The number of anilines is 3. The molecule has 3 rings (SSSR count). The van der Waals surface area contributed by atoms with Crippen LogP contribution in [-0.2, 0) is 25.0 Å². The maximum Gasteiger partial charge on any atom is 0.304 e. The molecule has 0 aliphatic carbocycles. The highest BCUT2D eigenvalue weighted by Gasteiger charge is 2.27. The van der Waals surface area contributed by atoms with Crippen LogP contribution >= 0.6 is 0 Å². The molecule has 0 aromatic heterocycles. The fourth-order valence-corrected chi connectivity index (χ4v) is 5.39. The van der Waals surface area contributed by atoms with E-state index in [-0.39, 0.29) is 22.0 Å². The molecule has 3 aromatic carbocycles. The van der Waals surface area contributed by atoms with Gasteiger partial charge in [0.15, 0.2) is 0 Å². The Morgan fingerprint density at radius 1 is 0.946 bits per heavy atom. The molecule has 0 atom stereocenters. The van der Waals surface area contributed by atoms with Gasteiger partial charge in [-0.3, -0.25) is 9.52 Å². The SMILES string of the molecule is COc1ccc(C)cc1NS(=O)(=O)c1ccc(NC(=O)CN(c2ccc(F)cc2)S(=O)(=O)N(C)C)cc1. The van der Waals surface area contributed by atoms with Crippen LogP contribution in [-0.4, -0.2) is 54.8 Å². The van der Waals surface area contributed by atoms with Crippen molar-refractivity contribution < 1.29 is 30.8 Å². The maximum atomic E-state index is 13.3. The van der Waals surface area contributed by atoms with E-state index in [9.17, 15) is 26.0 Å². The lowest BCUT2D eigenvalue weighted by Crippen LogP contribution is -2.44. The third-order valence-electron chi connectivity index (χ3n) is 5.19. The van der Waals surface area contributed by atoms with E-state index in [2.05, 4.69) is 10.0 Å². The number of amides is 1. The number of hydrogen-bond donors (Lipinski definition) is 2. The van der Waals surface area contributed by atoms with Gasteiger partial charge in [-0.2, -0.15) is 12.7 Å². The van der Waals surface area contributed by atoms with Crippen LogP contribution < -0.4 is 19.1 Å². The quantitative estimate of drug-likeness (QED) is 0.400. The molecule has 0 unspecified atom stereocenters. The number of benzene rings is 3. The molecule has 0 heterocycles. The summed E-state index contributed by atoms with van der Waals surface area (Å²) in [7, 11) is -3.98. The van der Waals surface area contributed by atoms with Crippen molar-refractivity contribution in [3.05, 3.63) is 78.1 Å². The van der Waals surface area contributed by atoms with Crippen LogP contribution in [0.3, 0.4) is 0 Å². The highest BCUT2D eigenvalue weighted by Crippen LogP contribution is 2.28. The van der Waals surface area contributed by atoms with Crippen molar-refractivity contribution >= 4 is 43.2 Å². The summed E-state index contributed by atoms with van der Waals surface area (Å²) in [6.07, 6.45) is 0. The summed E-state index contributed by atoms with van der Waals surface area (Å²) in [6.45, 7) is 1.22. The second-order valence-electron chi connectivity index (χ2n) is 8.16. The number of sulfonamides is 1. The van der Waals surface area contributed by atoms with Crippen molar-refractivity contribution in [2.24, 2.45) is 0 Å². The second kappa shape index (κ2) is 11.2. The first-order valence-electron chi connectivity index (χ1n) is 10.9. The molecule has 3 aromatic rings. The number of carbonyl (C=O) groups is 1. The normalized spacial score (nSPS) is 11.7. The van der Waals surface area contributed by atoms with E-state index in [1.54, 1.807) is 18.2 Å². The summed E-state index contributed by atoms with van der Waals surface area (Å²) in [5.74, 6) is -0.884. The lowest BCUT2D eigenvalue weighted by Gasteiger charge is -2.26. The van der Waals surface area contributed by atoms with Gasteiger partial charge in [-0.15, -0.1) is 0 Å². The first-order valence-corrected chi connectivity index (χ1v) is 13.7. The Morgan fingerprint density at radius 3 is 2.14 bits per heavy atom. The van der Waals surface area contributed by atoms with Gasteiger partial charge in [-0.25, -0.2) is 17.1 Å².